The number of carboxylic acids is 1. The molecule has 0 aliphatic heterocycles. The zero-order chi connectivity index (χ0) is 13.2. The molecule has 2 aromatic carbocycles. The summed E-state index contributed by atoms with van der Waals surface area (Å²) in [5, 5.41) is 8.37. The van der Waals surface area contributed by atoms with Crippen LogP contribution >= 0.6 is 11.6 Å². The highest BCUT2D eigenvalue weighted by Crippen LogP contribution is 2.00. The van der Waals surface area contributed by atoms with Gasteiger partial charge < -0.3 is 5.11 Å². The minimum atomic E-state index is -0.786. The molecule has 0 spiro atoms. The average molecular weight is 263 g/mol. The fourth-order valence-electron chi connectivity index (χ4n) is 1.34. The van der Waals surface area contributed by atoms with Gasteiger partial charge in [-0.15, -0.1) is 11.6 Å². The Bertz CT molecular complexity index is 454. The number of alkyl halides is 1. The van der Waals surface area contributed by atoms with Crippen LogP contribution in [0, 0.1) is 0 Å². The van der Waals surface area contributed by atoms with Crippen molar-refractivity contribution in [2.45, 2.75) is 12.3 Å². The lowest BCUT2D eigenvalue weighted by Gasteiger charge is -1.92. The van der Waals surface area contributed by atoms with Crippen molar-refractivity contribution in [3.05, 3.63) is 71.8 Å². The Balaban J connectivity index is 0.000000184. The molecular weight excluding hydrogens is 248 g/mol. The van der Waals surface area contributed by atoms with Crippen molar-refractivity contribution < 1.29 is 9.90 Å². The van der Waals surface area contributed by atoms with E-state index in [1.807, 2.05) is 48.5 Å². The Labute approximate surface area is 112 Å². The van der Waals surface area contributed by atoms with Gasteiger partial charge in [0.1, 0.15) is 0 Å². The lowest BCUT2D eigenvalue weighted by atomic mass is 10.2. The SMILES string of the molecule is ClCc1ccccc1.O=C(O)Cc1ccccc1. The van der Waals surface area contributed by atoms with E-state index in [4.69, 9.17) is 16.7 Å². The molecule has 0 atom stereocenters. The molecule has 0 bridgehead atoms. The predicted molar refractivity (Wildman–Crippen MR) is 73.8 cm³/mol. The van der Waals surface area contributed by atoms with E-state index in [1.54, 1.807) is 12.1 Å². The van der Waals surface area contributed by atoms with Crippen LogP contribution in [0.2, 0.25) is 0 Å². The summed E-state index contributed by atoms with van der Waals surface area (Å²) in [6, 6.07) is 19.1. The van der Waals surface area contributed by atoms with Gasteiger partial charge >= 0.3 is 5.97 Å². The van der Waals surface area contributed by atoms with Gasteiger partial charge in [0.2, 0.25) is 0 Å². The molecule has 2 aromatic rings. The molecule has 0 aliphatic carbocycles. The van der Waals surface area contributed by atoms with Crippen LogP contribution in [0.25, 0.3) is 0 Å². The van der Waals surface area contributed by atoms with Crippen LogP contribution in [0.4, 0.5) is 0 Å². The maximum Gasteiger partial charge on any atom is 0.307 e. The molecule has 0 saturated carbocycles. The van der Waals surface area contributed by atoms with Crippen molar-refractivity contribution in [3.63, 3.8) is 0 Å². The second-order valence-corrected chi connectivity index (χ2v) is 3.94. The lowest BCUT2D eigenvalue weighted by Crippen LogP contribution is -1.98. The highest BCUT2D eigenvalue weighted by Gasteiger charge is 1.96. The third-order valence-corrected chi connectivity index (χ3v) is 2.50. The van der Waals surface area contributed by atoms with E-state index in [2.05, 4.69) is 0 Å². The molecule has 3 heteroatoms. The molecule has 0 amide bonds. The second-order valence-electron chi connectivity index (χ2n) is 3.68. The quantitative estimate of drug-likeness (QED) is 0.856. The second kappa shape index (κ2) is 8.31. The van der Waals surface area contributed by atoms with Crippen LogP contribution in [0.3, 0.4) is 0 Å². The lowest BCUT2D eigenvalue weighted by molar-refractivity contribution is -0.136. The summed E-state index contributed by atoms with van der Waals surface area (Å²) in [5.41, 5.74) is 2.02. The minimum Gasteiger partial charge on any atom is -0.481 e. The molecule has 0 aliphatic rings. The van der Waals surface area contributed by atoms with Gasteiger partial charge in [-0.05, 0) is 11.1 Å². The molecule has 0 heterocycles. The Morgan fingerprint density at radius 3 is 1.67 bits per heavy atom. The summed E-state index contributed by atoms with van der Waals surface area (Å²) in [6.07, 6.45) is 0.112. The largest absolute Gasteiger partial charge is 0.481 e. The standard InChI is InChI=1S/C8H8O2.C7H7Cl/c9-8(10)6-7-4-2-1-3-5-7;8-6-7-4-2-1-3-5-7/h1-5H,6H2,(H,9,10);1-5H,6H2. The Kier molecular flexibility index (Phi) is 6.59. The highest BCUT2D eigenvalue weighted by molar-refractivity contribution is 6.17. The zero-order valence-corrected chi connectivity index (χ0v) is 10.7. The third-order valence-electron chi connectivity index (χ3n) is 2.20. The van der Waals surface area contributed by atoms with Gasteiger partial charge in [0.25, 0.3) is 0 Å². The van der Waals surface area contributed by atoms with Crippen molar-refractivity contribution in [1.29, 1.82) is 0 Å². The normalized spacial score (nSPS) is 9.17. The first-order valence-electron chi connectivity index (χ1n) is 5.58. The van der Waals surface area contributed by atoms with Gasteiger partial charge in [-0.3, -0.25) is 4.79 Å². The number of hydrogen-bond donors (Lipinski definition) is 1. The van der Waals surface area contributed by atoms with Crippen LogP contribution < -0.4 is 0 Å². The summed E-state index contributed by atoms with van der Waals surface area (Å²) in [5.74, 6) is -0.174. The summed E-state index contributed by atoms with van der Waals surface area (Å²) < 4.78 is 0. The Morgan fingerprint density at radius 2 is 1.33 bits per heavy atom. The van der Waals surface area contributed by atoms with Crippen molar-refractivity contribution in [2.24, 2.45) is 0 Å². The van der Waals surface area contributed by atoms with Crippen molar-refractivity contribution in [3.8, 4) is 0 Å². The Hall–Kier alpha value is -1.80. The molecule has 0 radical (unpaired) electrons. The van der Waals surface area contributed by atoms with Crippen LogP contribution in [0.5, 0.6) is 0 Å². The van der Waals surface area contributed by atoms with Crippen LogP contribution in [0.1, 0.15) is 11.1 Å². The maximum atomic E-state index is 10.2. The summed E-state index contributed by atoms with van der Waals surface area (Å²) in [6.45, 7) is 0. The maximum absolute atomic E-state index is 10.2. The molecule has 0 unspecified atom stereocenters. The monoisotopic (exact) mass is 262 g/mol. The van der Waals surface area contributed by atoms with Crippen molar-refractivity contribution in [1.82, 2.24) is 0 Å². The number of hydrogen-bond acceptors (Lipinski definition) is 1. The molecule has 1 N–H and O–H groups in total. The van der Waals surface area contributed by atoms with Gasteiger partial charge in [0.15, 0.2) is 0 Å². The number of aliphatic carboxylic acids is 1. The fourth-order valence-corrected chi connectivity index (χ4v) is 1.52. The van der Waals surface area contributed by atoms with E-state index in [-0.39, 0.29) is 6.42 Å². The van der Waals surface area contributed by atoms with Crippen LogP contribution in [-0.2, 0) is 17.1 Å². The van der Waals surface area contributed by atoms with E-state index in [1.165, 1.54) is 5.56 Å². The summed E-state index contributed by atoms with van der Waals surface area (Å²) in [4.78, 5) is 10.2. The zero-order valence-electron chi connectivity index (χ0n) is 9.92. The Morgan fingerprint density at radius 1 is 0.889 bits per heavy atom. The molecule has 0 aromatic heterocycles. The van der Waals surface area contributed by atoms with Gasteiger partial charge in [0, 0.05) is 5.88 Å². The first kappa shape index (κ1) is 14.3. The molecule has 0 saturated heterocycles. The van der Waals surface area contributed by atoms with Gasteiger partial charge in [-0.1, -0.05) is 60.7 Å². The van der Waals surface area contributed by atoms with Gasteiger partial charge in [0.05, 0.1) is 6.42 Å². The summed E-state index contributed by atoms with van der Waals surface area (Å²) in [7, 11) is 0. The molecule has 2 rings (SSSR count). The number of rotatable bonds is 3. The number of carboxylic acid groups (broad SMARTS) is 1. The fraction of sp³-hybridized carbons (Fsp3) is 0.133. The number of benzene rings is 2. The molecule has 0 fully saturated rings. The van der Waals surface area contributed by atoms with E-state index in [9.17, 15) is 4.79 Å². The van der Waals surface area contributed by atoms with Gasteiger partial charge in [-0.25, -0.2) is 0 Å². The van der Waals surface area contributed by atoms with Crippen LogP contribution in [0.15, 0.2) is 60.7 Å². The van der Waals surface area contributed by atoms with Crippen molar-refractivity contribution in [2.75, 3.05) is 0 Å². The number of halogens is 1. The first-order valence-corrected chi connectivity index (χ1v) is 6.11. The average Bonchev–Trinajstić information content (AvgIpc) is 2.41. The number of carbonyl (C=O) groups is 1. The van der Waals surface area contributed by atoms with Gasteiger partial charge in [-0.2, -0.15) is 0 Å². The minimum absolute atomic E-state index is 0.112. The molecule has 2 nitrogen and oxygen atoms in total. The third kappa shape index (κ3) is 6.06. The molecular formula is C15H15ClO2. The van der Waals surface area contributed by atoms with E-state index >= 15 is 0 Å². The predicted octanol–water partition coefficient (Wildman–Crippen LogP) is 3.74. The van der Waals surface area contributed by atoms with E-state index in [0.717, 1.165) is 5.56 Å². The van der Waals surface area contributed by atoms with Crippen molar-refractivity contribution >= 4 is 17.6 Å². The van der Waals surface area contributed by atoms with E-state index in [0.29, 0.717) is 5.88 Å². The summed E-state index contributed by atoms with van der Waals surface area (Å²) >= 11 is 5.53. The molecule has 18 heavy (non-hydrogen) atoms. The van der Waals surface area contributed by atoms with Crippen LogP contribution in [-0.4, -0.2) is 11.1 Å². The molecule has 94 valence electrons. The smallest absolute Gasteiger partial charge is 0.307 e. The highest BCUT2D eigenvalue weighted by atomic mass is 35.5. The van der Waals surface area contributed by atoms with E-state index < -0.39 is 5.97 Å². The topological polar surface area (TPSA) is 37.3 Å². The first-order chi connectivity index (χ1) is 8.72.